The molecule has 0 aromatic carbocycles. The van der Waals surface area contributed by atoms with Crippen LogP contribution < -0.4 is 15.8 Å². The predicted octanol–water partition coefficient (Wildman–Crippen LogP) is 1.32. The Morgan fingerprint density at radius 1 is 1.31 bits per heavy atom. The van der Waals surface area contributed by atoms with Crippen molar-refractivity contribution in [3.8, 4) is 16.5 Å². The van der Waals surface area contributed by atoms with E-state index < -0.39 is 0 Å². The number of nitrogens with one attached hydrogen (secondary N) is 1. The van der Waals surface area contributed by atoms with Gasteiger partial charge in [-0.1, -0.05) is 0 Å². The van der Waals surface area contributed by atoms with Crippen LogP contribution in [0.25, 0.3) is 10.6 Å². The van der Waals surface area contributed by atoms with E-state index in [2.05, 4.69) is 30.2 Å². The van der Waals surface area contributed by atoms with E-state index in [4.69, 9.17) is 10.5 Å². The largest absolute Gasteiger partial charge is 0.480 e. The molecule has 9 nitrogen and oxygen atoms in total. The van der Waals surface area contributed by atoms with Crippen molar-refractivity contribution in [3.05, 3.63) is 40.5 Å². The number of aryl methyl sites for hydroxylation is 1. The lowest BCUT2D eigenvalue weighted by molar-refractivity contribution is 0.0921. The third kappa shape index (κ3) is 2.73. The molecule has 1 atom stereocenters. The number of aromatic nitrogens is 5. The summed E-state index contributed by atoms with van der Waals surface area (Å²) in [6, 6.07) is -0.335. The molecule has 1 amide bonds. The van der Waals surface area contributed by atoms with Gasteiger partial charge in [-0.15, -0.1) is 11.3 Å². The van der Waals surface area contributed by atoms with Crippen LogP contribution in [0.1, 0.15) is 33.5 Å². The van der Waals surface area contributed by atoms with Crippen LogP contribution in [0, 0.1) is 6.92 Å². The Morgan fingerprint density at radius 3 is 2.96 bits per heavy atom. The number of nitrogens with zero attached hydrogens (tertiary/aromatic N) is 5. The second kappa shape index (κ2) is 6.30. The highest BCUT2D eigenvalue weighted by atomic mass is 32.1. The number of ether oxygens (including phenoxy) is 1. The number of nitrogen functional groups attached to an aromatic ring is 1. The summed E-state index contributed by atoms with van der Waals surface area (Å²) in [6.45, 7) is 1.75. The maximum Gasteiger partial charge on any atom is 0.255 e. The zero-order valence-electron chi connectivity index (χ0n) is 14.1. The van der Waals surface area contributed by atoms with Gasteiger partial charge in [0.1, 0.15) is 5.69 Å². The maximum atomic E-state index is 12.6. The van der Waals surface area contributed by atoms with Crippen molar-refractivity contribution in [2.24, 2.45) is 0 Å². The lowest BCUT2D eigenvalue weighted by atomic mass is 9.96. The molecule has 10 heteroatoms. The van der Waals surface area contributed by atoms with Gasteiger partial charge in [0.2, 0.25) is 11.8 Å². The first-order chi connectivity index (χ1) is 12.6. The minimum absolute atomic E-state index is 0.159. The fourth-order valence-electron chi connectivity index (χ4n) is 2.99. The molecule has 4 rings (SSSR count). The minimum atomic E-state index is -0.335. The third-order valence-corrected chi connectivity index (χ3v) is 4.96. The average Bonchev–Trinajstić information content (AvgIpc) is 3.10. The minimum Gasteiger partial charge on any atom is -0.480 e. The molecule has 4 heterocycles. The quantitative estimate of drug-likeness (QED) is 0.707. The zero-order valence-corrected chi connectivity index (χ0v) is 14.9. The summed E-state index contributed by atoms with van der Waals surface area (Å²) in [5, 5.41) is 2.98. The van der Waals surface area contributed by atoms with Crippen molar-refractivity contribution < 1.29 is 9.53 Å². The first kappa shape index (κ1) is 16.3. The number of hydrogen-bond donors (Lipinski definition) is 2. The summed E-state index contributed by atoms with van der Waals surface area (Å²) in [6.07, 6.45) is 3.65. The molecule has 1 aliphatic rings. The summed E-state index contributed by atoms with van der Waals surface area (Å²) in [5.74, 6) is 0.340. The van der Waals surface area contributed by atoms with Crippen molar-refractivity contribution in [1.82, 2.24) is 30.2 Å². The van der Waals surface area contributed by atoms with Crippen LogP contribution in [0.2, 0.25) is 0 Å². The number of hydrogen-bond acceptors (Lipinski definition) is 9. The number of nitrogens with two attached hydrogens (primary N) is 1. The molecule has 132 valence electrons. The predicted molar refractivity (Wildman–Crippen MR) is 94.8 cm³/mol. The van der Waals surface area contributed by atoms with Crippen LogP contribution in [0.4, 0.5) is 5.95 Å². The summed E-state index contributed by atoms with van der Waals surface area (Å²) in [5.41, 5.74) is 10.5. The van der Waals surface area contributed by atoms with Crippen molar-refractivity contribution in [3.63, 3.8) is 0 Å². The Morgan fingerprint density at radius 2 is 2.15 bits per heavy atom. The molecule has 1 aliphatic heterocycles. The standard InChI is InChI=1S/C16H15N7O2S/c1-7-12-8(23-16(17)20-7)3-9(22-15(12)24)13-14(26-6-19-13)10-4-18-5-11(21-10)25-2/h4-6,9H,3H2,1-2H3,(H,22,24)(H2,17,20,23). The molecular weight excluding hydrogens is 354 g/mol. The van der Waals surface area contributed by atoms with Gasteiger partial charge >= 0.3 is 0 Å². The highest BCUT2D eigenvalue weighted by molar-refractivity contribution is 7.13. The van der Waals surface area contributed by atoms with E-state index in [0.717, 1.165) is 4.88 Å². The summed E-state index contributed by atoms with van der Waals surface area (Å²) < 4.78 is 5.14. The Hall–Kier alpha value is -3.14. The molecule has 26 heavy (non-hydrogen) atoms. The van der Waals surface area contributed by atoms with Gasteiger partial charge in [0, 0.05) is 6.42 Å². The van der Waals surface area contributed by atoms with E-state index in [1.54, 1.807) is 18.6 Å². The van der Waals surface area contributed by atoms with Gasteiger partial charge in [0.05, 0.1) is 58.6 Å². The van der Waals surface area contributed by atoms with Crippen molar-refractivity contribution in [2.75, 3.05) is 12.8 Å². The van der Waals surface area contributed by atoms with E-state index in [9.17, 15) is 4.79 Å². The number of carbonyl (C=O) groups excluding carboxylic acids is 1. The molecule has 0 aliphatic carbocycles. The van der Waals surface area contributed by atoms with E-state index in [1.165, 1.54) is 24.6 Å². The summed E-state index contributed by atoms with van der Waals surface area (Å²) in [7, 11) is 1.53. The van der Waals surface area contributed by atoms with E-state index in [0.29, 0.717) is 40.6 Å². The summed E-state index contributed by atoms with van der Waals surface area (Å²) in [4.78, 5) is 34.7. The fourth-order valence-corrected chi connectivity index (χ4v) is 3.80. The molecule has 0 radical (unpaired) electrons. The molecule has 3 aromatic heterocycles. The van der Waals surface area contributed by atoms with E-state index in [-0.39, 0.29) is 17.9 Å². The smallest absolute Gasteiger partial charge is 0.255 e. The van der Waals surface area contributed by atoms with Crippen LogP contribution in [0.15, 0.2) is 17.9 Å². The molecular formula is C16H15N7O2S. The number of methoxy groups -OCH3 is 1. The van der Waals surface area contributed by atoms with Gasteiger partial charge in [-0.3, -0.25) is 9.78 Å². The Labute approximate surface area is 152 Å². The average molecular weight is 369 g/mol. The van der Waals surface area contributed by atoms with Gasteiger partial charge in [0.15, 0.2) is 0 Å². The number of anilines is 1. The Kier molecular flexibility index (Phi) is 3.96. The number of amides is 1. The molecule has 3 aromatic rings. The van der Waals surface area contributed by atoms with Crippen LogP contribution >= 0.6 is 11.3 Å². The van der Waals surface area contributed by atoms with E-state index in [1.807, 2.05) is 0 Å². The topological polar surface area (TPSA) is 129 Å². The van der Waals surface area contributed by atoms with Crippen LogP contribution in [0.3, 0.4) is 0 Å². The van der Waals surface area contributed by atoms with Crippen molar-refractivity contribution in [2.45, 2.75) is 19.4 Å². The van der Waals surface area contributed by atoms with Gasteiger partial charge in [-0.2, -0.15) is 0 Å². The lowest BCUT2D eigenvalue weighted by Crippen LogP contribution is -2.37. The first-order valence-electron chi connectivity index (χ1n) is 7.80. The van der Waals surface area contributed by atoms with Gasteiger partial charge < -0.3 is 15.8 Å². The molecule has 0 saturated heterocycles. The molecule has 0 saturated carbocycles. The van der Waals surface area contributed by atoms with Crippen LogP contribution in [0.5, 0.6) is 5.88 Å². The van der Waals surface area contributed by atoms with Crippen molar-refractivity contribution in [1.29, 1.82) is 0 Å². The third-order valence-electron chi connectivity index (χ3n) is 4.09. The second-order valence-electron chi connectivity index (χ2n) is 5.73. The maximum absolute atomic E-state index is 12.6. The Balaban J connectivity index is 1.74. The highest BCUT2D eigenvalue weighted by Crippen LogP contribution is 2.34. The van der Waals surface area contributed by atoms with Crippen LogP contribution in [-0.2, 0) is 6.42 Å². The second-order valence-corrected chi connectivity index (χ2v) is 6.59. The Bertz CT molecular complexity index is 1000. The molecule has 1 unspecified atom stereocenters. The van der Waals surface area contributed by atoms with Gasteiger partial charge in [0.25, 0.3) is 5.91 Å². The van der Waals surface area contributed by atoms with Gasteiger partial charge in [-0.05, 0) is 6.92 Å². The number of carbonyl (C=O) groups is 1. The zero-order chi connectivity index (χ0) is 18.3. The number of rotatable bonds is 3. The fraction of sp³-hybridized carbons (Fsp3) is 0.250. The molecule has 0 bridgehead atoms. The highest BCUT2D eigenvalue weighted by Gasteiger charge is 2.32. The number of thiazole rings is 1. The summed E-state index contributed by atoms with van der Waals surface area (Å²) >= 11 is 1.43. The van der Waals surface area contributed by atoms with Gasteiger partial charge in [-0.25, -0.2) is 19.9 Å². The van der Waals surface area contributed by atoms with Crippen molar-refractivity contribution >= 4 is 23.2 Å². The lowest BCUT2D eigenvalue weighted by Gasteiger charge is -2.25. The normalized spacial score (nSPS) is 16.1. The monoisotopic (exact) mass is 369 g/mol. The molecule has 3 N–H and O–H groups in total. The molecule has 0 fully saturated rings. The van der Waals surface area contributed by atoms with Crippen LogP contribution in [-0.4, -0.2) is 37.9 Å². The molecule has 0 spiro atoms. The number of fused-ring (bicyclic) bond motifs is 1. The first-order valence-corrected chi connectivity index (χ1v) is 8.68. The van der Waals surface area contributed by atoms with E-state index >= 15 is 0 Å². The SMILES string of the molecule is COc1cncc(-c2scnc2C2Cc3nc(N)nc(C)c3C(=O)N2)n1.